The number of hydrogen-bond acceptors (Lipinski definition) is 4. The van der Waals surface area contributed by atoms with Crippen molar-refractivity contribution in [1.29, 1.82) is 0 Å². The van der Waals surface area contributed by atoms with Crippen molar-refractivity contribution in [2.24, 2.45) is 17.6 Å². The molecule has 0 saturated carbocycles. The standard InChI is InChI=1S/C13H23N3O/c1-6-7-10(14)13-15-12(16-17-13)11(8(2)3)9(4)5/h6,8-11H,1,7,14H2,2-5H3. The lowest BCUT2D eigenvalue weighted by Crippen LogP contribution is -2.15. The van der Waals surface area contributed by atoms with Gasteiger partial charge in [-0.1, -0.05) is 38.9 Å². The van der Waals surface area contributed by atoms with Gasteiger partial charge in [-0.25, -0.2) is 0 Å². The van der Waals surface area contributed by atoms with Crippen LogP contribution in [0, 0.1) is 11.8 Å². The maximum Gasteiger partial charge on any atom is 0.243 e. The molecule has 1 atom stereocenters. The summed E-state index contributed by atoms with van der Waals surface area (Å²) in [7, 11) is 0. The summed E-state index contributed by atoms with van der Waals surface area (Å²) in [6, 6.07) is -0.242. The molecule has 4 heteroatoms. The Morgan fingerprint density at radius 3 is 2.35 bits per heavy atom. The van der Waals surface area contributed by atoms with Gasteiger partial charge >= 0.3 is 0 Å². The van der Waals surface area contributed by atoms with Crippen LogP contribution in [0.2, 0.25) is 0 Å². The van der Waals surface area contributed by atoms with Crippen molar-refractivity contribution in [2.75, 3.05) is 0 Å². The Morgan fingerprint density at radius 2 is 1.88 bits per heavy atom. The largest absolute Gasteiger partial charge is 0.338 e. The Balaban J connectivity index is 2.88. The summed E-state index contributed by atoms with van der Waals surface area (Å²) in [4.78, 5) is 4.42. The fraction of sp³-hybridized carbons (Fsp3) is 0.692. The van der Waals surface area contributed by atoms with Crippen LogP contribution in [0.5, 0.6) is 0 Å². The number of nitrogens with two attached hydrogens (primary N) is 1. The molecule has 0 spiro atoms. The summed E-state index contributed by atoms with van der Waals surface area (Å²) in [6.07, 6.45) is 2.41. The van der Waals surface area contributed by atoms with E-state index in [9.17, 15) is 0 Å². The van der Waals surface area contributed by atoms with Crippen molar-refractivity contribution >= 4 is 0 Å². The molecule has 0 saturated heterocycles. The highest BCUT2D eigenvalue weighted by Crippen LogP contribution is 2.30. The molecule has 0 radical (unpaired) electrons. The van der Waals surface area contributed by atoms with Crippen LogP contribution in [-0.2, 0) is 0 Å². The van der Waals surface area contributed by atoms with E-state index in [4.69, 9.17) is 10.3 Å². The lowest BCUT2D eigenvalue weighted by Gasteiger charge is -2.20. The van der Waals surface area contributed by atoms with Crippen LogP contribution in [0.3, 0.4) is 0 Å². The van der Waals surface area contributed by atoms with E-state index in [1.165, 1.54) is 0 Å². The average molecular weight is 237 g/mol. The zero-order valence-corrected chi connectivity index (χ0v) is 11.2. The van der Waals surface area contributed by atoms with Crippen LogP contribution in [0.1, 0.15) is 57.8 Å². The molecule has 0 amide bonds. The van der Waals surface area contributed by atoms with Crippen molar-refractivity contribution in [3.63, 3.8) is 0 Å². The van der Waals surface area contributed by atoms with E-state index in [2.05, 4.69) is 44.4 Å². The second-order valence-corrected chi connectivity index (χ2v) is 5.14. The molecule has 0 aliphatic heterocycles. The first-order valence-electron chi connectivity index (χ1n) is 6.17. The SMILES string of the molecule is C=CCC(N)c1nc(C(C(C)C)C(C)C)no1. The van der Waals surface area contributed by atoms with Crippen molar-refractivity contribution in [1.82, 2.24) is 10.1 Å². The number of hydrogen-bond donors (Lipinski definition) is 1. The van der Waals surface area contributed by atoms with Gasteiger partial charge in [0.2, 0.25) is 5.89 Å². The molecule has 1 aromatic rings. The summed E-state index contributed by atoms with van der Waals surface area (Å²) in [5, 5.41) is 4.06. The van der Waals surface area contributed by atoms with Crippen LogP contribution < -0.4 is 5.73 Å². The first-order chi connectivity index (χ1) is 7.97. The second-order valence-electron chi connectivity index (χ2n) is 5.14. The highest BCUT2D eigenvalue weighted by molar-refractivity contribution is 5.01. The Labute approximate surface area is 103 Å². The van der Waals surface area contributed by atoms with Gasteiger partial charge in [-0.05, 0) is 18.3 Å². The summed E-state index contributed by atoms with van der Waals surface area (Å²) in [5.41, 5.74) is 5.90. The predicted molar refractivity (Wildman–Crippen MR) is 68.5 cm³/mol. The monoisotopic (exact) mass is 237 g/mol. The van der Waals surface area contributed by atoms with Crippen LogP contribution in [0.15, 0.2) is 17.2 Å². The third-order valence-corrected chi connectivity index (χ3v) is 2.93. The lowest BCUT2D eigenvalue weighted by atomic mass is 9.85. The van der Waals surface area contributed by atoms with E-state index in [1.54, 1.807) is 6.08 Å². The minimum atomic E-state index is -0.242. The molecule has 1 unspecified atom stereocenters. The van der Waals surface area contributed by atoms with Crippen LogP contribution in [0.4, 0.5) is 0 Å². The highest BCUT2D eigenvalue weighted by Gasteiger charge is 2.25. The summed E-state index contributed by atoms with van der Waals surface area (Å²) in [6.45, 7) is 12.3. The quantitative estimate of drug-likeness (QED) is 0.772. The maximum absolute atomic E-state index is 5.90. The van der Waals surface area contributed by atoms with Gasteiger partial charge < -0.3 is 10.3 Å². The van der Waals surface area contributed by atoms with Crippen molar-refractivity contribution < 1.29 is 4.52 Å². The first kappa shape index (κ1) is 13.9. The van der Waals surface area contributed by atoms with Gasteiger partial charge in [-0.3, -0.25) is 0 Å². The molecule has 96 valence electrons. The first-order valence-corrected chi connectivity index (χ1v) is 6.17. The molecule has 0 aliphatic carbocycles. The zero-order chi connectivity index (χ0) is 13.0. The summed E-state index contributed by atoms with van der Waals surface area (Å²) < 4.78 is 5.23. The van der Waals surface area contributed by atoms with E-state index < -0.39 is 0 Å². The Hall–Kier alpha value is -1.16. The Bertz CT molecular complexity index is 349. The molecule has 1 heterocycles. The molecule has 1 aromatic heterocycles. The van der Waals surface area contributed by atoms with Gasteiger partial charge in [0.05, 0.1) is 6.04 Å². The van der Waals surface area contributed by atoms with E-state index in [0.29, 0.717) is 30.1 Å². The molecule has 2 N–H and O–H groups in total. The Kier molecular flexibility index (Phi) is 4.87. The van der Waals surface area contributed by atoms with Crippen molar-refractivity contribution in [3.8, 4) is 0 Å². The molecule has 0 aliphatic rings. The number of aromatic nitrogens is 2. The van der Waals surface area contributed by atoms with E-state index in [0.717, 1.165) is 5.82 Å². The predicted octanol–water partition coefficient (Wildman–Crippen LogP) is 3.04. The highest BCUT2D eigenvalue weighted by atomic mass is 16.5. The van der Waals surface area contributed by atoms with E-state index in [1.807, 2.05) is 0 Å². The molecule has 0 fully saturated rings. The lowest BCUT2D eigenvalue weighted by molar-refractivity contribution is 0.326. The van der Waals surface area contributed by atoms with Crippen LogP contribution in [0.25, 0.3) is 0 Å². The number of nitrogens with zero attached hydrogens (tertiary/aromatic N) is 2. The molecular formula is C13H23N3O. The number of rotatable bonds is 6. The molecular weight excluding hydrogens is 214 g/mol. The van der Waals surface area contributed by atoms with Gasteiger partial charge in [0, 0.05) is 5.92 Å². The van der Waals surface area contributed by atoms with Crippen molar-refractivity contribution in [2.45, 2.75) is 46.1 Å². The van der Waals surface area contributed by atoms with Gasteiger partial charge in [-0.2, -0.15) is 4.98 Å². The molecule has 4 nitrogen and oxygen atoms in total. The molecule has 0 aromatic carbocycles. The molecule has 17 heavy (non-hydrogen) atoms. The third kappa shape index (κ3) is 3.40. The smallest absolute Gasteiger partial charge is 0.243 e. The van der Waals surface area contributed by atoms with Gasteiger partial charge in [-0.15, -0.1) is 6.58 Å². The van der Waals surface area contributed by atoms with E-state index in [-0.39, 0.29) is 6.04 Å². The average Bonchev–Trinajstić information content (AvgIpc) is 2.66. The third-order valence-electron chi connectivity index (χ3n) is 2.93. The second kappa shape index (κ2) is 5.96. The zero-order valence-electron chi connectivity index (χ0n) is 11.2. The van der Waals surface area contributed by atoms with Gasteiger partial charge in [0.25, 0.3) is 0 Å². The van der Waals surface area contributed by atoms with Gasteiger partial charge in [0.1, 0.15) is 0 Å². The van der Waals surface area contributed by atoms with Crippen LogP contribution >= 0.6 is 0 Å². The van der Waals surface area contributed by atoms with E-state index >= 15 is 0 Å². The maximum atomic E-state index is 5.90. The molecule has 1 rings (SSSR count). The normalized spacial score (nSPS) is 13.6. The fourth-order valence-corrected chi connectivity index (χ4v) is 2.18. The topological polar surface area (TPSA) is 64.9 Å². The fourth-order valence-electron chi connectivity index (χ4n) is 2.18. The van der Waals surface area contributed by atoms with Crippen LogP contribution in [-0.4, -0.2) is 10.1 Å². The van der Waals surface area contributed by atoms with Gasteiger partial charge in [0.15, 0.2) is 5.82 Å². The minimum absolute atomic E-state index is 0.242. The summed E-state index contributed by atoms with van der Waals surface area (Å²) in [5.74, 6) is 2.55. The Morgan fingerprint density at radius 1 is 1.29 bits per heavy atom. The summed E-state index contributed by atoms with van der Waals surface area (Å²) >= 11 is 0. The van der Waals surface area contributed by atoms with Crippen molar-refractivity contribution in [3.05, 3.63) is 24.4 Å². The molecule has 0 bridgehead atoms. The minimum Gasteiger partial charge on any atom is -0.338 e.